The van der Waals surface area contributed by atoms with Gasteiger partial charge in [0.05, 0.1) is 30.2 Å². The molecule has 52 heavy (non-hydrogen) atoms. The van der Waals surface area contributed by atoms with Gasteiger partial charge in [0.25, 0.3) is 0 Å². The van der Waals surface area contributed by atoms with Gasteiger partial charge in [-0.3, -0.25) is 14.5 Å². The van der Waals surface area contributed by atoms with Gasteiger partial charge in [0, 0.05) is 50.1 Å². The zero-order valence-corrected chi connectivity index (χ0v) is 29.2. The lowest BCUT2D eigenvalue weighted by Crippen LogP contribution is -2.39. The number of aliphatic hydroxyl groups excluding tert-OH is 1. The van der Waals surface area contributed by atoms with E-state index in [0.717, 1.165) is 29.8 Å². The summed E-state index contributed by atoms with van der Waals surface area (Å²) in [6.07, 6.45) is 0.495. The van der Waals surface area contributed by atoms with Gasteiger partial charge in [-0.1, -0.05) is 109 Å². The van der Waals surface area contributed by atoms with E-state index in [1.165, 1.54) is 11.1 Å². The Morgan fingerprint density at radius 3 is 1.87 bits per heavy atom. The van der Waals surface area contributed by atoms with Crippen molar-refractivity contribution in [1.82, 2.24) is 4.90 Å². The first-order chi connectivity index (χ1) is 25.4. The summed E-state index contributed by atoms with van der Waals surface area (Å²) in [5, 5.41) is 15.3. The predicted molar refractivity (Wildman–Crippen MR) is 204 cm³/mol. The molecular formula is C43H46N4O5. The smallest absolute Gasteiger partial charge is 0.224 e. The van der Waals surface area contributed by atoms with Crippen LogP contribution in [0.1, 0.15) is 65.9 Å². The average molecular weight is 699 g/mol. The largest absolute Gasteiger partial charge is 0.397 e. The second-order valence-corrected chi connectivity index (χ2v) is 13.2. The number of amides is 2. The molecule has 0 bridgehead atoms. The lowest BCUT2D eigenvalue weighted by molar-refractivity contribution is -0.253. The number of aliphatic hydroxyl groups is 1. The van der Waals surface area contributed by atoms with E-state index in [9.17, 15) is 14.7 Å². The number of carbonyl (C=O) groups excluding carboxylic acids is 2. The number of rotatable bonds is 15. The Labute approximate surface area is 305 Å². The average Bonchev–Trinajstić information content (AvgIpc) is 3.17. The van der Waals surface area contributed by atoms with Crippen LogP contribution in [0.2, 0.25) is 0 Å². The molecule has 0 saturated carbocycles. The first-order valence-corrected chi connectivity index (χ1v) is 17.8. The van der Waals surface area contributed by atoms with Crippen LogP contribution in [0.5, 0.6) is 0 Å². The number of carbonyl (C=O) groups is 2. The van der Waals surface area contributed by atoms with Crippen molar-refractivity contribution in [2.75, 3.05) is 22.9 Å². The molecule has 1 heterocycles. The molecule has 0 unspecified atom stereocenters. The third-order valence-corrected chi connectivity index (χ3v) is 9.08. The van der Waals surface area contributed by atoms with Crippen LogP contribution in [0.25, 0.3) is 0 Å². The number of hydrogen-bond donors (Lipinski definition) is 4. The molecule has 3 atom stereocenters. The monoisotopic (exact) mass is 698 g/mol. The summed E-state index contributed by atoms with van der Waals surface area (Å²) in [4.78, 5) is 27.5. The number of para-hydroxylation sites is 2. The third-order valence-electron chi connectivity index (χ3n) is 9.08. The van der Waals surface area contributed by atoms with Crippen molar-refractivity contribution in [2.24, 2.45) is 0 Å². The normalized spacial score (nSPS) is 17.1. The molecule has 6 rings (SSSR count). The highest BCUT2D eigenvalue weighted by molar-refractivity contribution is 5.94. The Hall–Kier alpha value is -5.32. The molecule has 9 heteroatoms. The molecule has 2 amide bonds. The lowest BCUT2D eigenvalue weighted by atomic mass is 9.99. The van der Waals surface area contributed by atoms with Gasteiger partial charge in [0.1, 0.15) is 0 Å². The maximum absolute atomic E-state index is 12.7. The topological polar surface area (TPSA) is 126 Å². The number of ether oxygens (including phenoxy) is 2. The van der Waals surface area contributed by atoms with E-state index in [1.807, 2.05) is 60.7 Å². The maximum atomic E-state index is 12.7. The Morgan fingerprint density at radius 2 is 1.25 bits per heavy atom. The van der Waals surface area contributed by atoms with Gasteiger partial charge in [0.15, 0.2) is 6.29 Å². The Morgan fingerprint density at radius 1 is 0.673 bits per heavy atom. The first-order valence-electron chi connectivity index (χ1n) is 17.8. The molecule has 0 aliphatic carbocycles. The lowest BCUT2D eigenvalue weighted by Gasteiger charge is -2.38. The van der Waals surface area contributed by atoms with E-state index in [1.54, 1.807) is 24.3 Å². The van der Waals surface area contributed by atoms with Crippen molar-refractivity contribution in [3.05, 3.63) is 161 Å². The Balaban J connectivity index is 1.11. The van der Waals surface area contributed by atoms with E-state index < -0.39 is 6.29 Å². The van der Waals surface area contributed by atoms with Crippen LogP contribution in [0.3, 0.4) is 0 Å². The summed E-state index contributed by atoms with van der Waals surface area (Å²) in [5.74, 6) is -0.361. The molecule has 9 nitrogen and oxygen atoms in total. The van der Waals surface area contributed by atoms with Crippen molar-refractivity contribution >= 4 is 28.9 Å². The van der Waals surface area contributed by atoms with Gasteiger partial charge in [-0.2, -0.15) is 0 Å². The van der Waals surface area contributed by atoms with Crippen LogP contribution in [0, 0.1) is 0 Å². The summed E-state index contributed by atoms with van der Waals surface area (Å²) < 4.78 is 13.3. The molecule has 0 spiro atoms. The fourth-order valence-electron chi connectivity index (χ4n) is 6.37. The van der Waals surface area contributed by atoms with E-state index in [-0.39, 0.29) is 43.5 Å². The van der Waals surface area contributed by atoms with Crippen LogP contribution in [0.15, 0.2) is 133 Å². The summed E-state index contributed by atoms with van der Waals surface area (Å²) in [5.41, 5.74) is 12.8. The fraction of sp³-hybridized carbons (Fsp3) is 0.256. The number of anilines is 3. The number of nitrogens with zero attached hydrogens (tertiary/aromatic N) is 1. The highest BCUT2D eigenvalue weighted by Gasteiger charge is 2.33. The first kappa shape index (κ1) is 36.5. The van der Waals surface area contributed by atoms with Crippen molar-refractivity contribution in [1.29, 1.82) is 0 Å². The van der Waals surface area contributed by atoms with Gasteiger partial charge in [0.2, 0.25) is 11.8 Å². The van der Waals surface area contributed by atoms with E-state index >= 15 is 0 Å². The summed E-state index contributed by atoms with van der Waals surface area (Å²) in [7, 11) is 0. The molecule has 5 aromatic rings. The molecule has 1 saturated heterocycles. The second kappa shape index (κ2) is 18.3. The van der Waals surface area contributed by atoms with Crippen molar-refractivity contribution < 1.29 is 24.2 Å². The molecule has 1 fully saturated rings. The SMILES string of the molecule is Nc1ccccc1NC(=O)CCCC(=O)Nc1ccc([C@H]2O[C@@H](CN(Cc3ccccc3)Cc3ccccc3)C[C@@H](c3ccc(CO)cc3)O2)cc1. The van der Waals surface area contributed by atoms with Crippen LogP contribution in [-0.4, -0.2) is 34.5 Å². The highest BCUT2D eigenvalue weighted by atomic mass is 16.7. The number of nitrogens with one attached hydrogen (secondary N) is 2. The van der Waals surface area contributed by atoms with Crippen LogP contribution < -0.4 is 16.4 Å². The van der Waals surface area contributed by atoms with Crippen LogP contribution in [-0.2, 0) is 38.8 Å². The zero-order chi connectivity index (χ0) is 36.1. The molecule has 0 radical (unpaired) electrons. The van der Waals surface area contributed by atoms with E-state index in [0.29, 0.717) is 36.4 Å². The van der Waals surface area contributed by atoms with Crippen molar-refractivity contribution in [2.45, 2.75) is 63.9 Å². The number of benzene rings is 5. The molecule has 5 N–H and O–H groups in total. The van der Waals surface area contributed by atoms with E-state index in [4.69, 9.17) is 15.2 Å². The summed E-state index contributed by atoms with van der Waals surface area (Å²) >= 11 is 0. The summed E-state index contributed by atoms with van der Waals surface area (Å²) in [6.45, 7) is 2.23. The van der Waals surface area contributed by atoms with Crippen LogP contribution >= 0.6 is 0 Å². The molecule has 5 aromatic carbocycles. The number of nitrogen functional groups attached to an aromatic ring is 1. The van der Waals surface area contributed by atoms with Gasteiger partial charge >= 0.3 is 0 Å². The van der Waals surface area contributed by atoms with Gasteiger partial charge < -0.3 is 30.9 Å². The Kier molecular flexibility index (Phi) is 12.8. The van der Waals surface area contributed by atoms with Crippen molar-refractivity contribution in [3.63, 3.8) is 0 Å². The molecule has 1 aliphatic rings. The third kappa shape index (κ3) is 10.6. The maximum Gasteiger partial charge on any atom is 0.224 e. The molecule has 268 valence electrons. The zero-order valence-electron chi connectivity index (χ0n) is 29.2. The minimum atomic E-state index is -0.626. The second-order valence-electron chi connectivity index (χ2n) is 13.2. The number of hydrogen-bond acceptors (Lipinski definition) is 7. The standard InChI is InChI=1S/C43H46N4O5/c44-38-14-7-8-15-39(38)46-42(50)17-9-16-41(49)45-36-24-22-35(23-25-36)43-51-37(26-40(52-43)34-20-18-33(30-48)19-21-34)29-47(27-31-10-3-1-4-11-31)28-32-12-5-2-6-13-32/h1-8,10-15,18-25,37,40,43,48H,9,16-17,26-30,44H2,(H,45,49)(H,46,50)/t37-,40+,43+/m1/s1. The summed E-state index contributed by atoms with van der Waals surface area (Å²) in [6, 6.07) is 43.4. The van der Waals surface area contributed by atoms with Gasteiger partial charge in [-0.05, 0) is 52.9 Å². The molecule has 1 aliphatic heterocycles. The minimum Gasteiger partial charge on any atom is -0.397 e. The fourth-order valence-corrected chi connectivity index (χ4v) is 6.37. The minimum absolute atomic E-state index is 0.0177. The molecular weight excluding hydrogens is 652 g/mol. The van der Waals surface area contributed by atoms with E-state index in [2.05, 4.69) is 64.1 Å². The molecule has 0 aromatic heterocycles. The Bertz CT molecular complexity index is 1830. The van der Waals surface area contributed by atoms with Crippen molar-refractivity contribution in [3.8, 4) is 0 Å². The van der Waals surface area contributed by atoms with Gasteiger partial charge in [-0.15, -0.1) is 0 Å². The highest BCUT2D eigenvalue weighted by Crippen LogP contribution is 2.38. The quantitative estimate of drug-likeness (QED) is 0.0824. The van der Waals surface area contributed by atoms with Crippen LogP contribution in [0.4, 0.5) is 17.1 Å². The number of nitrogens with two attached hydrogens (primary N) is 1. The predicted octanol–water partition coefficient (Wildman–Crippen LogP) is 7.76. The van der Waals surface area contributed by atoms with Gasteiger partial charge in [-0.25, -0.2) is 0 Å².